The molecule has 1 saturated carbocycles. The van der Waals surface area contributed by atoms with Gasteiger partial charge in [-0.15, -0.1) is 0 Å². The second kappa shape index (κ2) is 5.48. The quantitative estimate of drug-likeness (QED) is 0.915. The molecule has 3 rings (SSSR count). The number of rotatable bonds is 5. The maximum absolute atomic E-state index is 6.17. The van der Waals surface area contributed by atoms with E-state index in [1.54, 1.807) is 0 Å². The number of benzene rings is 1. The van der Waals surface area contributed by atoms with Crippen molar-refractivity contribution >= 4 is 0 Å². The highest BCUT2D eigenvalue weighted by Crippen LogP contribution is 2.36. The molecule has 1 fully saturated rings. The van der Waals surface area contributed by atoms with E-state index in [0.29, 0.717) is 24.7 Å². The van der Waals surface area contributed by atoms with Crippen molar-refractivity contribution in [2.75, 3.05) is 6.61 Å². The minimum atomic E-state index is -0.365. The van der Waals surface area contributed by atoms with Gasteiger partial charge in [0.1, 0.15) is 5.75 Å². The normalized spacial score (nSPS) is 16.5. The molecule has 1 aromatic carbocycles. The van der Waals surface area contributed by atoms with Crippen LogP contribution in [0.15, 0.2) is 22.7 Å². The summed E-state index contributed by atoms with van der Waals surface area (Å²) in [5.74, 6) is 2.12. The highest BCUT2D eigenvalue weighted by molar-refractivity contribution is 5.35. The van der Waals surface area contributed by atoms with Crippen LogP contribution in [0.2, 0.25) is 0 Å². The molecular formula is C16H21N3O2. The molecule has 1 aliphatic carbocycles. The number of hydrogen-bond acceptors (Lipinski definition) is 5. The fourth-order valence-corrected chi connectivity index (χ4v) is 2.55. The Morgan fingerprint density at radius 1 is 1.33 bits per heavy atom. The summed E-state index contributed by atoms with van der Waals surface area (Å²) in [7, 11) is 0. The van der Waals surface area contributed by atoms with E-state index in [-0.39, 0.29) is 5.54 Å². The maximum Gasteiger partial charge on any atom is 0.230 e. The zero-order valence-corrected chi connectivity index (χ0v) is 12.6. The molecule has 5 heteroatoms. The van der Waals surface area contributed by atoms with Gasteiger partial charge >= 0.3 is 0 Å². The first-order valence-electron chi connectivity index (χ1n) is 7.39. The fraction of sp³-hybridized carbons (Fsp3) is 0.500. The summed E-state index contributed by atoms with van der Waals surface area (Å²) in [5.41, 5.74) is 8.18. The van der Waals surface area contributed by atoms with Gasteiger partial charge in [0.15, 0.2) is 5.82 Å². The molecule has 1 aliphatic rings. The lowest BCUT2D eigenvalue weighted by molar-refractivity contribution is 0.228. The number of nitrogens with two attached hydrogens (primary N) is 1. The van der Waals surface area contributed by atoms with Crippen LogP contribution in [-0.4, -0.2) is 16.7 Å². The van der Waals surface area contributed by atoms with E-state index in [2.05, 4.69) is 23.1 Å². The molecule has 0 unspecified atom stereocenters. The number of ether oxygens (including phenoxy) is 1. The molecule has 112 valence electrons. The summed E-state index contributed by atoms with van der Waals surface area (Å²) in [4.78, 5) is 4.39. The lowest BCUT2D eigenvalue weighted by Gasteiger charge is -2.34. The van der Waals surface area contributed by atoms with Crippen LogP contribution in [0.4, 0.5) is 0 Å². The van der Waals surface area contributed by atoms with Crippen LogP contribution < -0.4 is 10.5 Å². The van der Waals surface area contributed by atoms with Crippen LogP contribution in [0.3, 0.4) is 0 Å². The molecule has 5 nitrogen and oxygen atoms in total. The Labute approximate surface area is 124 Å². The van der Waals surface area contributed by atoms with Crippen molar-refractivity contribution < 1.29 is 9.26 Å². The van der Waals surface area contributed by atoms with Crippen molar-refractivity contribution in [3.8, 4) is 5.75 Å². The van der Waals surface area contributed by atoms with Gasteiger partial charge in [0.25, 0.3) is 0 Å². The first kappa shape index (κ1) is 14.1. The van der Waals surface area contributed by atoms with Gasteiger partial charge in [-0.25, -0.2) is 0 Å². The molecule has 1 heterocycles. The van der Waals surface area contributed by atoms with E-state index in [4.69, 9.17) is 15.0 Å². The number of nitrogens with zero attached hydrogens (tertiary/aromatic N) is 2. The molecule has 0 bridgehead atoms. The monoisotopic (exact) mass is 287 g/mol. The van der Waals surface area contributed by atoms with Crippen LogP contribution in [-0.2, 0) is 12.0 Å². The average Bonchev–Trinajstić information content (AvgIpc) is 2.88. The topological polar surface area (TPSA) is 74.2 Å². The largest absolute Gasteiger partial charge is 0.493 e. The molecular weight excluding hydrogens is 266 g/mol. The summed E-state index contributed by atoms with van der Waals surface area (Å²) in [6.45, 7) is 4.63. The van der Waals surface area contributed by atoms with Crippen LogP contribution in [0.1, 0.15) is 42.1 Å². The van der Waals surface area contributed by atoms with Gasteiger partial charge in [-0.2, -0.15) is 4.98 Å². The molecule has 2 aromatic rings. The molecule has 0 amide bonds. The molecule has 0 saturated heterocycles. The highest BCUT2D eigenvalue weighted by Gasteiger charge is 2.38. The fourth-order valence-electron chi connectivity index (χ4n) is 2.55. The maximum atomic E-state index is 6.17. The minimum absolute atomic E-state index is 0.365. The summed E-state index contributed by atoms with van der Waals surface area (Å²) in [6, 6.07) is 6.14. The SMILES string of the molecule is Cc1ccc(OCCc2nc(C3(N)CCC3)no2)c(C)c1. The molecule has 0 radical (unpaired) electrons. The van der Waals surface area contributed by atoms with Crippen molar-refractivity contribution in [1.82, 2.24) is 10.1 Å². The van der Waals surface area contributed by atoms with Crippen LogP contribution in [0.25, 0.3) is 0 Å². The van der Waals surface area contributed by atoms with Crippen molar-refractivity contribution in [2.45, 2.75) is 45.1 Å². The molecule has 21 heavy (non-hydrogen) atoms. The number of hydrogen-bond donors (Lipinski definition) is 1. The average molecular weight is 287 g/mol. The van der Waals surface area contributed by atoms with Gasteiger partial charge in [-0.3, -0.25) is 0 Å². The van der Waals surface area contributed by atoms with Crippen molar-refractivity contribution in [1.29, 1.82) is 0 Å². The molecule has 0 aliphatic heterocycles. The zero-order valence-electron chi connectivity index (χ0n) is 12.6. The Morgan fingerprint density at radius 3 is 2.81 bits per heavy atom. The van der Waals surface area contributed by atoms with E-state index < -0.39 is 0 Å². The van der Waals surface area contributed by atoms with Crippen molar-refractivity contribution in [2.24, 2.45) is 5.73 Å². The third-order valence-corrected chi connectivity index (χ3v) is 4.06. The molecule has 2 N–H and O–H groups in total. The second-order valence-electron chi connectivity index (χ2n) is 5.89. The van der Waals surface area contributed by atoms with Crippen molar-refractivity contribution in [3.63, 3.8) is 0 Å². The van der Waals surface area contributed by atoms with Crippen molar-refractivity contribution in [3.05, 3.63) is 41.0 Å². The Bertz CT molecular complexity index is 632. The van der Waals surface area contributed by atoms with Crippen LogP contribution >= 0.6 is 0 Å². The Morgan fingerprint density at radius 2 is 2.14 bits per heavy atom. The van der Waals surface area contributed by atoms with Gasteiger partial charge in [-0.05, 0) is 44.7 Å². The van der Waals surface area contributed by atoms with E-state index in [0.717, 1.165) is 30.6 Å². The van der Waals surface area contributed by atoms with Gasteiger partial charge in [-0.1, -0.05) is 22.9 Å². The third kappa shape index (κ3) is 2.93. The van der Waals surface area contributed by atoms with E-state index in [1.165, 1.54) is 5.56 Å². The predicted molar refractivity (Wildman–Crippen MR) is 79.1 cm³/mol. The number of aromatic nitrogens is 2. The summed E-state index contributed by atoms with van der Waals surface area (Å²) >= 11 is 0. The third-order valence-electron chi connectivity index (χ3n) is 4.06. The first-order chi connectivity index (χ1) is 10.1. The smallest absolute Gasteiger partial charge is 0.230 e. The molecule has 0 spiro atoms. The standard InChI is InChI=1S/C16H21N3O2/c1-11-4-5-13(12(2)10-11)20-9-6-14-18-15(19-21-14)16(17)7-3-8-16/h4-5,10H,3,6-9,17H2,1-2H3. The van der Waals surface area contributed by atoms with Gasteiger partial charge < -0.3 is 15.0 Å². The van der Waals surface area contributed by atoms with Crippen LogP contribution in [0, 0.1) is 13.8 Å². The lowest BCUT2D eigenvalue weighted by Crippen LogP contribution is -2.44. The Kier molecular flexibility index (Phi) is 3.68. The zero-order chi connectivity index (χ0) is 14.9. The molecule has 0 atom stereocenters. The summed E-state index contributed by atoms with van der Waals surface area (Å²) in [6.07, 6.45) is 3.60. The molecule has 1 aromatic heterocycles. The van der Waals surface area contributed by atoms with E-state index in [9.17, 15) is 0 Å². The summed E-state index contributed by atoms with van der Waals surface area (Å²) in [5, 5.41) is 4.00. The van der Waals surface area contributed by atoms with Gasteiger partial charge in [0.05, 0.1) is 18.6 Å². The lowest BCUT2D eigenvalue weighted by atomic mass is 9.77. The second-order valence-corrected chi connectivity index (χ2v) is 5.89. The van der Waals surface area contributed by atoms with Gasteiger partial charge in [0.2, 0.25) is 5.89 Å². The van der Waals surface area contributed by atoms with E-state index in [1.807, 2.05) is 19.1 Å². The minimum Gasteiger partial charge on any atom is -0.493 e. The number of aryl methyl sites for hydroxylation is 2. The first-order valence-corrected chi connectivity index (χ1v) is 7.39. The summed E-state index contributed by atoms with van der Waals surface area (Å²) < 4.78 is 11.0. The predicted octanol–water partition coefficient (Wildman–Crippen LogP) is 2.65. The van der Waals surface area contributed by atoms with Gasteiger partial charge in [0, 0.05) is 0 Å². The Balaban J connectivity index is 1.56. The van der Waals surface area contributed by atoms with Crippen LogP contribution in [0.5, 0.6) is 5.75 Å². The highest BCUT2D eigenvalue weighted by atomic mass is 16.5. The Hall–Kier alpha value is -1.88. The van der Waals surface area contributed by atoms with E-state index >= 15 is 0 Å².